The van der Waals surface area contributed by atoms with Crippen LogP contribution in [0.5, 0.6) is 5.75 Å². The van der Waals surface area contributed by atoms with Crippen LogP contribution in [-0.2, 0) is 9.59 Å². The van der Waals surface area contributed by atoms with Crippen LogP contribution in [0.4, 0.5) is 0 Å². The van der Waals surface area contributed by atoms with Gasteiger partial charge in [0.05, 0.1) is 4.91 Å². The molecule has 0 aromatic heterocycles. The van der Waals surface area contributed by atoms with E-state index >= 15 is 0 Å². The monoisotopic (exact) mass is 293 g/mol. The Morgan fingerprint density at radius 1 is 1.42 bits per heavy atom. The summed E-state index contributed by atoms with van der Waals surface area (Å²) in [5.41, 5.74) is 0.846. The SMILES string of the molecule is CCC(=O)Oc1ccc(/C=C2/SC(=S)NC2=O)cc1. The van der Waals surface area contributed by atoms with Crippen LogP contribution >= 0.6 is 24.0 Å². The number of hydrogen-bond acceptors (Lipinski definition) is 5. The zero-order valence-corrected chi connectivity index (χ0v) is 11.8. The van der Waals surface area contributed by atoms with E-state index in [1.807, 2.05) is 0 Å². The summed E-state index contributed by atoms with van der Waals surface area (Å²) in [6.45, 7) is 1.74. The molecule has 1 heterocycles. The van der Waals surface area contributed by atoms with E-state index in [0.29, 0.717) is 21.4 Å². The number of thiocarbonyl (C=S) groups is 1. The topological polar surface area (TPSA) is 55.4 Å². The van der Waals surface area contributed by atoms with E-state index in [1.165, 1.54) is 11.8 Å². The van der Waals surface area contributed by atoms with Gasteiger partial charge in [0.25, 0.3) is 5.91 Å². The van der Waals surface area contributed by atoms with Crippen molar-refractivity contribution in [3.63, 3.8) is 0 Å². The van der Waals surface area contributed by atoms with Gasteiger partial charge < -0.3 is 10.1 Å². The van der Waals surface area contributed by atoms with Gasteiger partial charge in [0.15, 0.2) is 0 Å². The summed E-state index contributed by atoms with van der Waals surface area (Å²) in [6.07, 6.45) is 2.07. The molecular weight excluding hydrogens is 282 g/mol. The molecule has 1 amide bonds. The maximum atomic E-state index is 11.5. The third-order valence-electron chi connectivity index (χ3n) is 2.34. The summed E-state index contributed by atoms with van der Waals surface area (Å²) >= 11 is 6.14. The van der Waals surface area contributed by atoms with Crippen LogP contribution in [-0.4, -0.2) is 16.2 Å². The highest BCUT2D eigenvalue weighted by molar-refractivity contribution is 8.26. The molecule has 0 atom stereocenters. The van der Waals surface area contributed by atoms with E-state index in [1.54, 1.807) is 37.3 Å². The Balaban J connectivity index is 2.11. The van der Waals surface area contributed by atoms with Crippen LogP contribution in [0.3, 0.4) is 0 Å². The Kier molecular flexibility index (Phi) is 4.34. The van der Waals surface area contributed by atoms with E-state index in [0.717, 1.165) is 5.56 Å². The zero-order valence-electron chi connectivity index (χ0n) is 10.1. The van der Waals surface area contributed by atoms with E-state index in [4.69, 9.17) is 17.0 Å². The molecule has 0 spiro atoms. The standard InChI is InChI=1S/C13H11NO3S2/c1-2-11(15)17-9-5-3-8(4-6-9)7-10-12(16)14-13(18)19-10/h3-7H,2H2,1H3,(H,14,16,18)/b10-7+. The van der Waals surface area contributed by atoms with Crippen molar-refractivity contribution < 1.29 is 14.3 Å². The summed E-state index contributed by atoms with van der Waals surface area (Å²) in [5, 5.41) is 2.55. The molecule has 1 aromatic carbocycles. The minimum atomic E-state index is -0.276. The third kappa shape index (κ3) is 3.65. The van der Waals surface area contributed by atoms with Gasteiger partial charge in [-0.3, -0.25) is 9.59 Å². The van der Waals surface area contributed by atoms with E-state index < -0.39 is 0 Å². The summed E-state index contributed by atoms with van der Waals surface area (Å²) in [4.78, 5) is 23.2. The van der Waals surface area contributed by atoms with Gasteiger partial charge in [-0.25, -0.2) is 0 Å². The molecule has 1 fully saturated rings. The highest BCUT2D eigenvalue weighted by Crippen LogP contribution is 2.26. The van der Waals surface area contributed by atoms with Gasteiger partial charge in [0, 0.05) is 6.42 Å². The van der Waals surface area contributed by atoms with Gasteiger partial charge in [-0.2, -0.15) is 0 Å². The van der Waals surface area contributed by atoms with Gasteiger partial charge >= 0.3 is 5.97 Å². The average Bonchev–Trinajstić information content (AvgIpc) is 2.70. The summed E-state index contributed by atoms with van der Waals surface area (Å²) in [6, 6.07) is 6.94. The normalized spacial score (nSPS) is 16.6. The molecule has 0 radical (unpaired) electrons. The van der Waals surface area contributed by atoms with Crippen LogP contribution in [0.25, 0.3) is 6.08 Å². The molecule has 0 bridgehead atoms. The number of amides is 1. The third-order valence-corrected chi connectivity index (χ3v) is 3.50. The second-order valence-corrected chi connectivity index (χ2v) is 5.47. The smallest absolute Gasteiger partial charge is 0.310 e. The predicted octanol–water partition coefficient (Wildman–Crippen LogP) is 2.49. The first-order valence-corrected chi connectivity index (χ1v) is 6.86. The highest BCUT2D eigenvalue weighted by atomic mass is 32.2. The molecule has 0 aliphatic carbocycles. The van der Waals surface area contributed by atoms with Crippen LogP contribution in [0.1, 0.15) is 18.9 Å². The second-order valence-electron chi connectivity index (χ2n) is 3.75. The van der Waals surface area contributed by atoms with E-state index in [-0.39, 0.29) is 11.9 Å². The fourth-order valence-electron chi connectivity index (χ4n) is 1.41. The van der Waals surface area contributed by atoms with Crippen LogP contribution < -0.4 is 10.1 Å². The van der Waals surface area contributed by atoms with Crippen LogP contribution in [0.2, 0.25) is 0 Å². The van der Waals surface area contributed by atoms with Gasteiger partial charge in [0.2, 0.25) is 0 Å². The van der Waals surface area contributed by atoms with Gasteiger partial charge in [-0.05, 0) is 23.8 Å². The van der Waals surface area contributed by atoms with Crippen molar-refractivity contribution in [1.29, 1.82) is 0 Å². The van der Waals surface area contributed by atoms with Crippen molar-refractivity contribution in [2.24, 2.45) is 0 Å². The molecule has 4 nitrogen and oxygen atoms in total. The Morgan fingerprint density at radius 3 is 2.63 bits per heavy atom. The molecule has 1 aliphatic heterocycles. The van der Waals surface area contributed by atoms with Gasteiger partial charge in [-0.15, -0.1) is 0 Å². The molecule has 0 unspecified atom stereocenters. The number of carbonyl (C=O) groups is 2. The molecule has 98 valence electrons. The minimum absolute atomic E-state index is 0.184. The Bertz CT molecular complexity index is 564. The maximum Gasteiger partial charge on any atom is 0.310 e. The van der Waals surface area contributed by atoms with E-state index in [2.05, 4.69) is 5.32 Å². The number of rotatable bonds is 3. The molecule has 6 heteroatoms. The van der Waals surface area contributed by atoms with Gasteiger partial charge in [0.1, 0.15) is 10.1 Å². The minimum Gasteiger partial charge on any atom is -0.427 e. The summed E-state index contributed by atoms with van der Waals surface area (Å²) in [5.74, 6) is 0.0340. The van der Waals surface area contributed by atoms with E-state index in [9.17, 15) is 9.59 Å². The lowest BCUT2D eigenvalue weighted by Crippen LogP contribution is -2.17. The summed E-state index contributed by atoms with van der Waals surface area (Å²) in [7, 11) is 0. The lowest BCUT2D eigenvalue weighted by Gasteiger charge is -2.02. The number of thioether (sulfide) groups is 1. The van der Waals surface area contributed by atoms with Gasteiger partial charge in [-0.1, -0.05) is 43.0 Å². The number of benzene rings is 1. The van der Waals surface area contributed by atoms with Crippen molar-refractivity contribution in [3.8, 4) is 5.75 Å². The Morgan fingerprint density at radius 2 is 2.11 bits per heavy atom. The first kappa shape index (κ1) is 13.8. The second kappa shape index (κ2) is 5.99. The molecule has 1 aliphatic rings. The molecule has 19 heavy (non-hydrogen) atoms. The number of esters is 1. The maximum absolute atomic E-state index is 11.5. The Hall–Kier alpha value is -1.66. The van der Waals surface area contributed by atoms with Crippen LogP contribution in [0, 0.1) is 0 Å². The molecule has 2 rings (SSSR count). The quantitative estimate of drug-likeness (QED) is 0.401. The molecular formula is C13H11NO3S2. The molecule has 0 saturated carbocycles. The largest absolute Gasteiger partial charge is 0.427 e. The van der Waals surface area contributed by atoms with Crippen LogP contribution in [0.15, 0.2) is 29.2 Å². The molecule has 1 aromatic rings. The lowest BCUT2D eigenvalue weighted by molar-refractivity contribution is -0.134. The molecule has 1 N–H and O–H groups in total. The van der Waals surface area contributed by atoms with Crippen molar-refractivity contribution in [3.05, 3.63) is 34.7 Å². The lowest BCUT2D eigenvalue weighted by atomic mass is 10.2. The van der Waals surface area contributed by atoms with Crippen molar-refractivity contribution in [1.82, 2.24) is 5.32 Å². The van der Waals surface area contributed by atoms with Crippen molar-refractivity contribution in [2.75, 3.05) is 0 Å². The number of hydrogen-bond donors (Lipinski definition) is 1. The number of ether oxygens (including phenoxy) is 1. The Labute approximate surface area is 120 Å². The first-order valence-electron chi connectivity index (χ1n) is 5.64. The average molecular weight is 293 g/mol. The number of carbonyl (C=O) groups excluding carboxylic acids is 2. The fourth-order valence-corrected chi connectivity index (χ4v) is 2.45. The van der Waals surface area contributed by atoms with Crippen molar-refractivity contribution in [2.45, 2.75) is 13.3 Å². The predicted molar refractivity (Wildman–Crippen MR) is 78.7 cm³/mol. The summed E-state index contributed by atoms with van der Waals surface area (Å²) < 4.78 is 5.52. The number of nitrogens with one attached hydrogen (secondary N) is 1. The first-order chi connectivity index (χ1) is 9.08. The zero-order chi connectivity index (χ0) is 13.8. The fraction of sp³-hybridized carbons (Fsp3) is 0.154. The molecule has 1 saturated heterocycles. The highest BCUT2D eigenvalue weighted by Gasteiger charge is 2.21. The van der Waals surface area contributed by atoms with Crippen molar-refractivity contribution >= 4 is 46.3 Å².